The van der Waals surface area contributed by atoms with Gasteiger partial charge >= 0.3 is 0 Å². The van der Waals surface area contributed by atoms with Crippen LogP contribution in [0.3, 0.4) is 0 Å². The number of fused-ring (bicyclic) bond motifs is 1. The first-order chi connectivity index (χ1) is 13.6. The van der Waals surface area contributed by atoms with Gasteiger partial charge in [-0.25, -0.2) is 14.4 Å². The number of nitrogens with one attached hydrogen (secondary N) is 1. The van der Waals surface area contributed by atoms with Gasteiger partial charge in [-0.2, -0.15) is 0 Å². The number of allylic oxidation sites excluding steroid dienone is 1. The van der Waals surface area contributed by atoms with Crippen molar-refractivity contribution >= 4 is 22.8 Å². The molecule has 0 aliphatic carbocycles. The Bertz CT molecular complexity index is 1250. The van der Waals surface area contributed by atoms with E-state index in [0.717, 1.165) is 0 Å². The first kappa shape index (κ1) is 17.5. The van der Waals surface area contributed by atoms with E-state index in [1.54, 1.807) is 42.7 Å². The second-order valence-electron chi connectivity index (χ2n) is 6.10. The number of nitrogens with zero attached hydrogens (tertiary/aromatic N) is 2. The molecule has 6 heteroatoms. The molecule has 0 aliphatic heterocycles. The molecule has 28 heavy (non-hydrogen) atoms. The summed E-state index contributed by atoms with van der Waals surface area (Å²) in [4.78, 5) is 36.0. The van der Waals surface area contributed by atoms with Crippen molar-refractivity contribution in [1.82, 2.24) is 15.0 Å². The fourth-order valence-electron chi connectivity index (χ4n) is 3.09. The Morgan fingerprint density at radius 2 is 1.75 bits per heavy atom. The molecule has 0 atom stereocenters. The summed E-state index contributed by atoms with van der Waals surface area (Å²) in [6.07, 6.45) is 7.24. The average molecular weight is 371 g/mol. The molecule has 0 radical (unpaired) electrons. The van der Waals surface area contributed by atoms with E-state index in [1.165, 1.54) is 30.6 Å². The Morgan fingerprint density at radius 3 is 2.50 bits per heavy atom. The van der Waals surface area contributed by atoms with Gasteiger partial charge in [0.05, 0.1) is 11.1 Å². The lowest BCUT2D eigenvalue weighted by Crippen LogP contribution is -2.19. The van der Waals surface area contributed by atoms with Gasteiger partial charge in [0.2, 0.25) is 0 Å². The van der Waals surface area contributed by atoms with Gasteiger partial charge in [-0.1, -0.05) is 36.4 Å². The van der Waals surface area contributed by atoms with E-state index in [1.807, 2.05) is 6.07 Å². The Kier molecular flexibility index (Phi) is 4.60. The number of halogens is 1. The van der Waals surface area contributed by atoms with E-state index >= 15 is 0 Å². The summed E-state index contributed by atoms with van der Waals surface area (Å²) in [5.41, 5.74) is 1.12. The molecule has 136 valence electrons. The monoisotopic (exact) mass is 371 g/mol. The molecule has 1 N–H and O–H groups in total. The van der Waals surface area contributed by atoms with E-state index < -0.39 is 17.2 Å². The summed E-state index contributed by atoms with van der Waals surface area (Å²) < 4.78 is 14.7. The van der Waals surface area contributed by atoms with Gasteiger partial charge in [-0.05, 0) is 29.8 Å². The zero-order valence-electron chi connectivity index (χ0n) is 14.6. The highest BCUT2D eigenvalue weighted by atomic mass is 19.1. The fourth-order valence-corrected chi connectivity index (χ4v) is 3.09. The number of rotatable bonds is 4. The number of hydrogen-bond acceptors (Lipinski definition) is 4. The summed E-state index contributed by atoms with van der Waals surface area (Å²) in [7, 11) is 0. The van der Waals surface area contributed by atoms with Crippen LogP contribution in [0.1, 0.15) is 15.9 Å². The summed E-state index contributed by atoms with van der Waals surface area (Å²) in [5, 5.41) is 0.202. The van der Waals surface area contributed by atoms with Crippen LogP contribution >= 0.6 is 0 Å². The van der Waals surface area contributed by atoms with Crippen molar-refractivity contribution in [2.24, 2.45) is 0 Å². The lowest BCUT2D eigenvalue weighted by molar-refractivity contribution is 0.104. The largest absolute Gasteiger partial charge is 0.321 e. The molecule has 2 aromatic carbocycles. The van der Waals surface area contributed by atoms with Crippen molar-refractivity contribution in [2.75, 3.05) is 0 Å². The lowest BCUT2D eigenvalue weighted by Gasteiger charge is -2.12. The molecule has 0 amide bonds. The summed E-state index contributed by atoms with van der Waals surface area (Å²) in [6, 6.07) is 13.3. The van der Waals surface area contributed by atoms with Crippen LogP contribution in [0, 0.1) is 5.82 Å². The van der Waals surface area contributed by atoms with E-state index in [9.17, 15) is 14.0 Å². The second-order valence-corrected chi connectivity index (χ2v) is 6.10. The average Bonchev–Trinajstić information content (AvgIpc) is 2.72. The van der Waals surface area contributed by atoms with Crippen molar-refractivity contribution in [1.29, 1.82) is 0 Å². The van der Waals surface area contributed by atoms with Gasteiger partial charge in [0, 0.05) is 28.9 Å². The van der Waals surface area contributed by atoms with Crippen LogP contribution in [0.5, 0.6) is 0 Å². The third-order valence-corrected chi connectivity index (χ3v) is 4.31. The molecule has 0 saturated heterocycles. The molecular formula is C22H14FN3O2. The molecule has 0 unspecified atom stereocenters. The molecule has 0 fully saturated rings. The number of hydrogen-bond donors (Lipinski definition) is 1. The molecule has 2 heterocycles. The molecule has 0 saturated carbocycles. The summed E-state index contributed by atoms with van der Waals surface area (Å²) in [5.74, 6) is -1.05. The van der Waals surface area contributed by atoms with Crippen LogP contribution in [0.4, 0.5) is 4.39 Å². The SMILES string of the molecule is O=C(/C=C/c1cncnc1)c1c(-c2ccccc2)c2c(F)cccc2[nH]c1=O. The number of aromatic nitrogens is 3. The van der Waals surface area contributed by atoms with Gasteiger partial charge in [-0.15, -0.1) is 0 Å². The van der Waals surface area contributed by atoms with E-state index in [-0.39, 0.29) is 16.5 Å². The highest BCUT2D eigenvalue weighted by molar-refractivity contribution is 6.15. The van der Waals surface area contributed by atoms with Crippen LogP contribution in [-0.2, 0) is 0 Å². The highest BCUT2D eigenvalue weighted by Crippen LogP contribution is 2.31. The third kappa shape index (κ3) is 3.23. The first-order valence-electron chi connectivity index (χ1n) is 8.52. The fraction of sp³-hybridized carbons (Fsp3) is 0. The van der Waals surface area contributed by atoms with Crippen LogP contribution < -0.4 is 5.56 Å². The standard InChI is InChI=1S/C22H14FN3O2/c23-16-7-4-8-17-20(16)19(15-5-2-1-3-6-15)21(22(28)26-17)18(27)10-9-14-11-24-13-25-12-14/h1-13H,(H,26,28)/b10-9+. The van der Waals surface area contributed by atoms with Crippen LogP contribution in [-0.4, -0.2) is 20.7 Å². The minimum absolute atomic E-state index is 0.114. The molecule has 0 bridgehead atoms. The number of aromatic amines is 1. The minimum atomic E-state index is -0.573. The van der Waals surface area contributed by atoms with E-state index in [2.05, 4.69) is 15.0 Å². The number of H-pyrrole nitrogens is 1. The van der Waals surface area contributed by atoms with Crippen molar-refractivity contribution in [3.05, 3.63) is 101 Å². The van der Waals surface area contributed by atoms with Crippen molar-refractivity contribution in [3.63, 3.8) is 0 Å². The van der Waals surface area contributed by atoms with Crippen molar-refractivity contribution < 1.29 is 9.18 Å². The van der Waals surface area contributed by atoms with Crippen molar-refractivity contribution in [3.8, 4) is 11.1 Å². The molecule has 2 aromatic heterocycles. The Labute approximate surface area is 159 Å². The number of carbonyl (C=O) groups excluding carboxylic acids is 1. The maximum atomic E-state index is 14.7. The third-order valence-electron chi connectivity index (χ3n) is 4.31. The van der Waals surface area contributed by atoms with Crippen LogP contribution in [0.25, 0.3) is 28.1 Å². The number of ketones is 1. The van der Waals surface area contributed by atoms with Gasteiger partial charge < -0.3 is 4.98 Å². The zero-order chi connectivity index (χ0) is 19.5. The van der Waals surface area contributed by atoms with Crippen molar-refractivity contribution in [2.45, 2.75) is 0 Å². The van der Waals surface area contributed by atoms with Gasteiger partial charge in [0.15, 0.2) is 5.78 Å². The Hall–Kier alpha value is -3.93. The lowest BCUT2D eigenvalue weighted by atomic mass is 9.93. The Morgan fingerprint density at radius 1 is 1.00 bits per heavy atom. The predicted molar refractivity (Wildman–Crippen MR) is 105 cm³/mol. The maximum absolute atomic E-state index is 14.7. The quantitative estimate of drug-likeness (QED) is 0.434. The van der Waals surface area contributed by atoms with Gasteiger partial charge in [0.1, 0.15) is 12.1 Å². The van der Waals surface area contributed by atoms with Gasteiger partial charge in [0.25, 0.3) is 5.56 Å². The number of carbonyl (C=O) groups is 1. The molecule has 0 spiro atoms. The maximum Gasteiger partial charge on any atom is 0.260 e. The Balaban J connectivity index is 1.96. The normalized spacial score (nSPS) is 11.2. The predicted octanol–water partition coefficient (Wildman–Crippen LogP) is 4.02. The molecule has 0 aliphatic rings. The summed E-state index contributed by atoms with van der Waals surface area (Å²) >= 11 is 0. The number of benzene rings is 2. The number of pyridine rings is 1. The second kappa shape index (κ2) is 7.36. The summed E-state index contributed by atoms with van der Waals surface area (Å²) in [6.45, 7) is 0. The van der Waals surface area contributed by atoms with Crippen LogP contribution in [0.15, 0.2) is 78.1 Å². The van der Waals surface area contributed by atoms with E-state index in [0.29, 0.717) is 16.6 Å². The van der Waals surface area contributed by atoms with Gasteiger partial charge in [-0.3, -0.25) is 9.59 Å². The minimum Gasteiger partial charge on any atom is -0.321 e. The molecule has 4 rings (SSSR count). The molecule has 5 nitrogen and oxygen atoms in total. The molecular weight excluding hydrogens is 357 g/mol. The molecule has 4 aromatic rings. The van der Waals surface area contributed by atoms with Crippen LogP contribution in [0.2, 0.25) is 0 Å². The topological polar surface area (TPSA) is 75.7 Å². The first-order valence-corrected chi connectivity index (χ1v) is 8.52. The highest BCUT2D eigenvalue weighted by Gasteiger charge is 2.21. The van der Waals surface area contributed by atoms with E-state index in [4.69, 9.17) is 0 Å². The zero-order valence-corrected chi connectivity index (χ0v) is 14.6. The smallest absolute Gasteiger partial charge is 0.260 e.